The predicted octanol–water partition coefficient (Wildman–Crippen LogP) is 2.90. The van der Waals surface area contributed by atoms with Crippen LogP contribution in [0, 0.1) is 11.3 Å². The van der Waals surface area contributed by atoms with Crippen LogP contribution in [-0.2, 0) is 0 Å². The van der Waals surface area contributed by atoms with Crippen molar-refractivity contribution < 1.29 is 19.0 Å². The lowest BCUT2D eigenvalue weighted by Crippen LogP contribution is -2.37. The molecule has 1 amide bonds. The Bertz CT molecular complexity index is 801. The molecule has 0 bridgehead atoms. The van der Waals surface area contributed by atoms with Gasteiger partial charge in [0.05, 0.1) is 30.8 Å². The van der Waals surface area contributed by atoms with Gasteiger partial charge in [0.2, 0.25) is 0 Å². The average Bonchev–Trinajstić information content (AvgIpc) is 3.03. The molecule has 25 heavy (non-hydrogen) atoms. The van der Waals surface area contributed by atoms with Gasteiger partial charge in [-0.3, -0.25) is 4.79 Å². The topological polar surface area (TPSA) is 73.6 Å². The molecule has 1 fully saturated rings. The molecule has 2 atom stereocenters. The summed E-state index contributed by atoms with van der Waals surface area (Å²) in [6.45, 7) is -0.266. The number of halogens is 1. The van der Waals surface area contributed by atoms with Crippen LogP contribution >= 0.6 is 0 Å². The highest BCUT2D eigenvalue weighted by Gasteiger charge is 2.35. The summed E-state index contributed by atoms with van der Waals surface area (Å²) in [4.78, 5) is 14.0. The van der Waals surface area contributed by atoms with Crippen LogP contribution in [0.3, 0.4) is 0 Å². The van der Waals surface area contributed by atoms with Crippen molar-refractivity contribution in [2.75, 3.05) is 13.2 Å². The summed E-state index contributed by atoms with van der Waals surface area (Å²) in [5.41, 5.74) is 0.903. The molecule has 1 saturated heterocycles. The first-order chi connectivity index (χ1) is 12.1. The monoisotopic (exact) mass is 340 g/mol. The maximum Gasteiger partial charge on any atom is 0.254 e. The van der Waals surface area contributed by atoms with Crippen LogP contribution in [-0.4, -0.2) is 41.3 Å². The fourth-order valence-electron chi connectivity index (χ4n) is 2.87. The minimum Gasteiger partial charge on any atom is -0.457 e. The van der Waals surface area contributed by atoms with Crippen molar-refractivity contribution in [1.29, 1.82) is 5.26 Å². The minimum atomic E-state index is -1.11. The molecular formula is C19H17FN2O3. The van der Waals surface area contributed by atoms with Crippen LogP contribution in [0.1, 0.15) is 22.3 Å². The zero-order valence-electron chi connectivity index (χ0n) is 13.4. The molecule has 3 rings (SSSR count). The number of aliphatic hydroxyl groups is 1. The quantitative estimate of drug-likeness (QED) is 0.929. The second-order valence-corrected chi connectivity index (χ2v) is 5.89. The van der Waals surface area contributed by atoms with Crippen molar-refractivity contribution in [2.45, 2.75) is 18.6 Å². The highest BCUT2D eigenvalue weighted by Crippen LogP contribution is 2.26. The van der Waals surface area contributed by atoms with Gasteiger partial charge in [0.15, 0.2) is 0 Å². The van der Waals surface area contributed by atoms with E-state index < -0.39 is 12.2 Å². The number of rotatable bonds is 4. The maximum atomic E-state index is 13.6. The Kier molecular flexibility index (Phi) is 4.96. The summed E-state index contributed by atoms with van der Waals surface area (Å²) < 4.78 is 19.3. The second-order valence-electron chi connectivity index (χ2n) is 5.89. The van der Waals surface area contributed by atoms with Gasteiger partial charge in [0.1, 0.15) is 17.7 Å². The van der Waals surface area contributed by atoms with Crippen LogP contribution < -0.4 is 4.74 Å². The van der Waals surface area contributed by atoms with E-state index in [2.05, 4.69) is 0 Å². The Morgan fingerprint density at radius 2 is 2.04 bits per heavy atom. The van der Waals surface area contributed by atoms with Crippen molar-refractivity contribution in [3.8, 4) is 17.6 Å². The first-order valence-electron chi connectivity index (χ1n) is 7.94. The number of carbonyl (C=O) groups is 1. The molecule has 0 unspecified atom stereocenters. The van der Waals surface area contributed by atoms with Gasteiger partial charge < -0.3 is 14.7 Å². The van der Waals surface area contributed by atoms with Gasteiger partial charge in [-0.2, -0.15) is 5.26 Å². The van der Waals surface area contributed by atoms with Crippen molar-refractivity contribution >= 4 is 5.91 Å². The van der Waals surface area contributed by atoms with Crippen LogP contribution in [0.5, 0.6) is 11.5 Å². The number of carbonyl (C=O) groups excluding carboxylic acids is 1. The number of benzene rings is 2. The summed E-state index contributed by atoms with van der Waals surface area (Å²) in [7, 11) is 0. The van der Waals surface area contributed by atoms with E-state index in [1.807, 2.05) is 6.07 Å². The Morgan fingerprint density at radius 3 is 2.72 bits per heavy atom. The lowest BCUT2D eigenvalue weighted by Gasteiger charge is -2.22. The van der Waals surface area contributed by atoms with Crippen LogP contribution in [0.4, 0.5) is 4.39 Å². The van der Waals surface area contributed by atoms with Gasteiger partial charge in [-0.1, -0.05) is 6.07 Å². The van der Waals surface area contributed by atoms with E-state index in [4.69, 9.17) is 10.00 Å². The Balaban J connectivity index is 1.76. The van der Waals surface area contributed by atoms with Gasteiger partial charge in [0.25, 0.3) is 5.91 Å². The van der Waals surface area contributed by atoms with E-state index in [1.165, 1.54) is 4.90 Å². The molecule has 0 aliphatic carbocycles. The van der Waals surface area contributed by atoms with E-state index in [9.17, 15) is 14.3 Å². The van der Waals surface area contributed by atoms with Crippen molar-refractivity contribution in [1.82, 2.24) is 4.90 Å². The molecule has 1 aliphatic heterocycles. The highest BCUT2D eigenvalue weighted by molar-refractivity contribution is 5.95. The third kappa shape index (κ3) is 3.78. The normalized spacial score (nSPS) is 19.5. The fraction of sp³-hybridized carbons (Fsp3) is 0.263. The van der Waals surface area contributed by atoms with Gasteiger partial charge in [0, 0.05) is 12.0 Å². The van der Waals surface area contributed by atoms with Crippen molar-refractivity contribution in [2.24, 2.45) is 0 Å². The number of nitriles is 1. The first-order valence-corrected chi connectivity index (χ1v) is 7.94. The number of alkyl halides is 1. The number of ether oxygens (including phenoxy) is 1. The van der Waals surface area contributed by atoms with E-state index in [-0.39, 0.29) is 25.5 Å². The Labute approximate surface area is 144 Å². The smallest absolute Gasteiger partial charge is 0.254 e. The van der Waals surface area contributed by atoms with E-state index >= 15 is 0 Å². The van der Waals surface area contributed by atoms with Crippen molar-refractivity contribution in [3.05, 3.63) is 59.7 Å². The summed E-state index contributed by atoms with van der Waals surface area (Å²) in [5, 5.41) is 18.1. The second kappa shape index (κ2) is 7.32. The average molecular weight is 340 g/mol. The van der Waals surface area contributed by atoms with E-state index in [0.29, 0.717) is 22.6 Å². The standard InChI is InChI=1S/C19H17FN2O3/c20-15-9-16(12-23)22(11-15)19(24)14-2-1-3-18(8-14)25-17-6-4-13(10-21)5-7-17/h1-8,15-16,23H,9,11-12H2/t15-,16-/m0/s1. The zero-order chi connectivity index (χ0) is 17.8. The third-order valence-electron chi connectivity index (χ3n) is 4.14. The number of amides is 1. The summed E-state index contributed by atoms with van der Waals surface area (Å²) in [6, 6.07) is 14.8. The molecule has 128 valence electrons. The lowest BCUT2D eigenvalue weighted by molar-refractivity contribution is 0.0672. The fourth-order valence-corrected chi connectivity index (χ4v) is 2.87. The number of nitrogens with zero attached hydrogens (tertiary/aromatic N) is 2. The van der Waals surface area contributed by atoms with E-state index in [0.717, 1.165) is 0 Å². The zero-order valence-corrected chi connectivity index (χ0v) is 13.4. The molecule has 1 heterocycles. The molecule has 5 nitrogen and oxygen atoms in total. The summed E-state index contributed by atoms with van der Waals surface area (Å²) >= 11 is 0. The van der Waals surface area contributed by atoms with Crippen LogP contribution in [0.15, 0.2) is 48.5 Å². The lowest BCUT2D eigenvalue weighted by atomic mass is 10.1. The molecule has 1 N–H and O–H groups in total. The molecule has 2 aromatic carbocycles. The van der Waals surface area contributed by atoms with Gasteiger partial charge in [-0.15, -0.1) is 0 Å². The molecule has 0 spiro atoms. The molecule has 1 aliphatic rings. The Morgan fingerprint density at radius 1 is 1.28 bits per heavy atom. The molecular weight excluding hydrogens is 323 g/mol. The SMILES string of the molecule is N#Cc1ccc(Oc2cccc(C(=O)N3C[C@@H](F)C[C@H]3CO)c2)cc1. The van der Waals surface area contributed by atoms with Crippen LogP contribution in [0.25, 0.3) is 0 Å². The van der Waals surface area contributed by atoms with E-state index in [1.54, 1.807) is 48.5 Å². The third-order valence-corrected chi connectivity index (χ3v) is 4.14. The van der Waals surface area contributed by atoms with Crippen molar-refractivity contribution in [3.63, 3.8) is 0 Å². The molecule has 6 heteroatoms. The Hall–Kier alpha value is -2.91. The van der Waals surface area contributed by atoms with Gasteiger partial charge in [-0.05, 0) is 42.5 Å². The molecule has 2 aromatic rings. The van der Waals surface area contributed by atoms with Gasteiger partial charge in [-0.25, -0.2) is 4.39 Å². The number of hydrogen-bond acceptors (Lipinski definition) is 4. The highest BCUT2D eigenvalue weighted by atomic mass is 19.1. The molecule has 0 saturated carbocycles. The molecule has 0 radical (unpaired) electrons. The summed E-state index contributed by atoms with van der Waals surface area (Å²) in [5.74, 6) is 0.679. The number of hydrogen-bond donors (Lipinski definition) is 1. The minimum absolute atomic E-state index is 0.00916. The largest absolute Gasteiger partial charge is 0.457 e. The molecule has 0 aromatic heterocycles. The van der Waals surface area contributed by atoms with Gasteiger partial charge >= 0.3 is 0 Å². The summed E-state index contributed by atoms with van der Waals surface area (Å²) in [6.07, 6.45) is -0.955. The van der Waals surface area contributed by atoms with Crippen LogP contribution in [0.2, 0.25) is 0 Å². The maximum absolute atomic E-state index is 13.6. The first kappa shape index (κ1) is 16.9. The number of aliphatic hydroxyl groups excluding tert-OH is 1. The number of likely N-dealkylation sites (tertiary alicyclic amines) is 1. The predicted molar refractivity (Wildman–Crippen MR) is 89.1 cm³/mol.